The summed E-state index contributed by atoms with van der Waals surface area (Å²) in [4.78, 5) is 0.401. The fourth-order valence-electron chi connectivity index (χ4n) is 5.16. The van der Waals surface area contributed by atoms with E-state index in [1.807, 2.05) is 25.1 Å². The molecule has 0 spiro atoms. The first-order valence-corrected chi connectivity index (χ1v) is 10.9. The smallest absolute Gasteiger partial charge is 0.264 e. The Morgan fingerprint density at radius 1 is 1.00 bits per heavy atom. The molecule has 3 atom stereocenters. The lowest BCUT2D eigenvalue weighted by molar-refractivity contribution is 0.272. The van der Waals surface area contributed by atoms with Gasteiger partial charge in [0.05, 0.1) is 4.90 Å². The lowest BCUT2D eigenvalue weighted by Gasteiger charge is -2.37. The Hall–Kier alpha value is -2.07. The number of sulfonamides is 1. The third-order valence-electron chi connectivity index (χ3n) is 6.37. The molecule has 0 bridgehead atoms. The number of hydrogen-bond acceptors (Lipinski definition) is 2. The number of allylic oxidation sites excluding steroid dienone is 1. The molecule has 0 radical (unpaired) electrons. The topological polar surface area (TPSA) is 37.4 Å². The van der Waals surface area contributed by atoms with E-state index in [2.05, 4.69) is 24.3 Å². The van der Waals surface area contributed by atoms with Crippen LogP contribution in [0.25, 0.3) is 6.08 Å². The molecule has 3 nitrogen and oxygen atoms in total. The zero-order valence-electron chi connectivity index (χ0n) is 14.9. The molecular formula is C22H23NO2S. The molecule has 1 saturated carbocycles. The maximum Gasteiger partial charge on any atom is 0.264 e. The SMILES string of the molecule is Cc1ccc(S(=O)(=O)N2C[C@@H]3CCC[C@@H]4c5ccccc5C=C2[C@H]34)cc1. The van der Waals surface area contributed by atoms with Gasteiger partial charge in [-0.15, -0.1) is 0 Å². The van der Waals surface area contributed by atoms with Crippen molar-refractivity contribution in [2.24, 2.45) is 11.8 Å². The lowest BCUT2D eigenvalue weighted by Crippen LogP contribution is -2.29. The van der Waals surface area contributed by atoms with Crippen LogP contribution >= 0.6 is 0 Å². The van der Waals surface area contributed by atoms with Crippen LogP contribution in [0, 0.1) is 18.8 Å². The van der Waals surface area contributed by atoms with E-state index in [9.17, 15) is 8.42 Å². The van der Waals surface area contributed by atoms with Gasteiger partial charge < -0.3 is 0 Å². The molecule has 1 aliphatic heterocycles. The minimum atomic E-state index is -3.50. The Labute approximate surface area is 155 Å². The number of aryl methyl sites for hydroxylation is 1. The maximum atomic E-state index is 13.4. The summed E-state index contributed by atoms with van der Waals surface area (Å²) in [5, 5.41) is 0. The van der Waals surface area contributed by atoms with Crippen molar-refractivity contribution in [3.8, 4) is 0 Å². The van der Waals surface area contributed by atoms with Gasteiger partial charge in [-0.1, -0.05) is 48.4 Å². The maximum absolute atomic E-state index is 13.4. The molecule has 3 aliphatic rings. The van der Waals surface area contributed by atoms with Crippen molar-refractivity contribution < 1.29 is 8.42 Å². The van der Waals surface area contributed by atoms with Crippen LogP contribution in [0.1, 0.15) is 41.9 Å². The molecule has 0 N–H and O–H groups in total. The van der Waals surface area contributed by atoms with Crippen molar-refractivity contribution in [2.45, 2.75) is 37.0 Å². The fourth-order valence-corrected chi connectivity index (χ4v) is 6.73. The molecule has 2 fully saturated rings. The van der Waals surface area contributed by atoms with Crippen molar-refractivity contribution in [2.75, 3.05) is 6.54 Å². The molecule has 134 valence electrons. The highest BCUT2D eigenvalue weighted by Crippen LogP contribution is 2.55. The minimum Gasteiger partial charge on any atom is -0.270 e. The highest BCUT2D eigenvalue weighted by atomic mass is 32.2. The van der Waals surface area contributed by atoms with E-state index < -0.39 is 10.0 Å². The quantitative estimate of drug-likeness (QED) is 0.783. The van der Waals surface area contributed by atoms with Gasteiger partial charge in [0.1, 0.15) is 0 Å². The molecule has 1 heterocycles. The van der Waals surface area contributed by atoms with Gasteiger partial charge in [0.2, 0.25) is 0 Å². The summed E-state index contributed by atoms with van der Waals surface area (Å²) in [5.74, 6) is 1.25. The molecule has 2 aromatic rings. The van der Waals surface area contributed by atoms with Crippen LogP contribution < -0.4 is 0 Å². The number of nitrogens with zero attached hydrogens (tertiary/aromatic N) is 1. The van der Waals surface area contributed by atoms with Crippen LogP contribution in [0.4, 0.5) is 0 Å². The molecular weight excluding hydrogens is 342 g/mol. The van der Waals surface area contributed by atoms with Gasteiger partial charge in [-0.25, -0.2) is 8.42 Å². The van der Waals surface area contributed by atoms with Gasteiger partial charge in [-0.3, -0.25) is 4.31 Å². The lowest BCUT2D eigenvalue weighted by atomic mass is 9.67. The first-order chi connectivity index (χ1) is 12.6. The number of rotatable bonds is 2. The summed E-state index contributed by atoms with van der Waals surface area (Å²) < 4.78 is 28.5. The molecule has 5 rings (SSSR count). The van der Waals surface area contributed by atoms with E-state index >= 15 is 0 Å². The third kappa shape index (κ3) is 2.28. The van der Waals surface area contributed by atoms with E-state index in [-0.39, 0.29) is 0 Å². The largest absolute Gasteiger partial charge is 0.270 e. The van der Waals surface area contributed by atoms with E-state index in [1.165, 1.54) is 17.5 Å². The van der Waals surface area contributed by atoms with Crippen molar-refractivity contribution in [3.05, 3.63) is 70.9 Å². The summed E-state index contributed by atoms with van der Waals surface area (Å²) in [7, 11) is -3.50. The highest BCUT2D eigenvalue weighted by Gasteiger charge is 2.49. The van der Waals surface area contributed by atoms with Crippen LogP contribution in [-0.4, -0.2) is 19.3 Å². The second kappa shape index (κ2) is 5.71. The van der Waals surface area contributed by atoms with E-state index in [4.69, 9.17) is 0 Å². The summed E-state index contributed by atoms with van der Waals surface area (Å²) in [6, 6.07) is 15.7. The second-order valence-electron chi connectivity index (χ2n) is 7.87. The molecule has 2 aromatic carbocycles. The van der Waals surface area contributed by atoms with Gasteiger partial charge in [0, 0.05) is 18.2 Å². The van der Waals surface area contributed by atoms with Crippen molar-refractivity contribution >= 4 is 16.1 Å². The highest BCUT2D eigenvalue weighted by molar-refractivity contribution is 7.89. The molecule has 0 amide bonds. The first kappa shape index (κ1) is 16.1. The Morgan fingerprint density at radius 2 is 1.77 bits per heavy atom. The summed E-state index contributed by atoms with van der Waals surface area (Å²) in [6.07, 6.45) is 5.61. The van der Waals surface area contributed by atoms with Crippen molar-refractivity contribution in [1.82, 2.24) is 4.31 Å². The standard InChI is InChI=1S/C22H23NO2S/c1-15-9-11-18(12-10-15)26(24,25)23-14-17-6-4-8-20-19-7-3-2-5-16(19)13-21(23)22(17)20/h2-3,5,7,9-13,17,20,22H,4,6,8,14H2,1H3/t17-,20+,22+/m0/s1. The molecule has 2 aliphatic carbocycles. The minimum absolute atomic E-state index is 0.346. The van der Waals surface area contributed by atoms with Crippen LogP contribution in [0.3, 0.4) is 0 Å². The normalized spacial score (nSPS) is 26.9. The number of hydrogen-bond donors (Lipinski definition) is 0. The van der Waals surface area contributed by atoms with E-state index in [0.29, 0.717) is 29.2 Å². The molecule has 1 saturated heterocycles. The fraction of sp³-hybridized carbons (Fsp3) is 0.364. The second-order valence-corrected chi connectivity index (χ2v) is 9.73. The predicted octanol–water partition coefficient (Wildman–Crippen LogP) is 4.55. The number of fused-ring (bicyclic) bond motifs is 2. The monoisotopic (exact) mass is 365 g/mol. The van der Waals surface area contributed by atoms with Gasteiger partial charge in [-0.2, -0.15) is 0 Å². The summed E-state index contributed by atoms with van der Waals surface area (Å²) >= 11 is 0. The van der Waals surface area contributed by atoms with Gasteiger partial charge in [0.15, 0.2) is 0 Å². The van der Waals surface area contributed by atoms with Gasteiger partial charge in [-0.05, 0) is 60.9 Å². The van der Waals surface area contributed by atoms with E-state index in [1.54, 1.807) is 16.4 Å². The molecule has 0 aromatic heterocycles. The Balaban J connectivity index is 1.64. The van der Waals surface area contributed by atoms with Gasteiger partial charge >= 0.3 is 0 Å². The zero-order chi connectivity index (χ0) is 17.9. The Morgan fingerprint density at radius 3 is 2.58 bits per heavy atom. The van der Waals surface area contributed by atoms with Crippen molar-refractivity contribution in [3.63, 3.8) is 0 Å². The molecule has 0 unspecified atom stereocenters. The number of benzene rings is 2. The molecule has 26 heavy (non-hydrogen) atoms. The first-order valence-electron chi connectivity index (χ1n) is 9.45. The average Bonchev–Trinajstić information content (AvgIpc) is 3.03. The summed E-state index contributed by atoms with van der Waals surface area (Å²) in [5.41, 5.74) is 4.68. The summed E-state index contributed by atoms with van der Waals surface area (Å²) in [6.45, 7) is 2.60. The molecule has 4 heteroatoms. The average molecular weight is 365 g/mol. The van der Waals surface area contributed by atoms with Gasteiger partial charge in [0.25, 0.3) is 10.0 Å². The van der Waals surface area contributed by atoms with E-state index in [0.717, 1.165) is 24.1 Å². The van der Waals surface area contributed by atoms with Crippen LogP contribution in [0.2, 0.25) is 0 Å². The predicted molar refractivity (Wildman–Crippen MR) is 103 cm³/mol. The van der Waals surface area contributed by atoms with Crippen LogP contribution in [0.5, 0.6) is 0 Å². The van der Waals surface area contributed by atoms with Crippen LogP contribution in [-0.2, 0) is 10.0 Å². The van der Waals surface area contributed by atoms with Crippen LogP contribution in [0.15, 0.2) is 59.1 Å². The van der Waals surface area contributed by atoms with Crippen molar-refractivity contribution in [1.29, 1.82) is 0 Å². The Bertz CT molecular complexity index is 991. The zero-order valence-corrected chi connectivity index (χ0v) is 15.7. The third-order valence-corrected chi connectivity index (χ3v) is 8.18. The Kier molecular flexibility index (Phi) is 3.54.